The number of aromatic nitrogens is 2. The van der Waals surface area contributed by atoms with E-state index in [0.29, 0.717) is 10.6 Å². The minimum absolute atomic E-state index is 0.0663. The zero-order chi connectivity index (χ0) is 12.5. The van der Waals surface area contributed by atoms with E-state index in [1.807, 2.05) is 6.07 Å². The van der Waals surface area contributed by atoms with E-state index in [9.17, 15) is 10.1 Å². The van der Waals surface area contributed by atoms with Gasteiger partial charge in [0.2, 0.25) is 0 Å². The fourth-order valence-corrected chi connectivity index (χ4v) is 2.64. The Morgan fingerprint density at radius 1 is 1.17 bits per heavy atom. The van der Waals surface area contributed by atoms with Crippen molar-refractivity contribution in [1.29, 1.82) is 0 Å². The van der Waals surface area contributed by atoms with Crippen molar-refractivity contribution < 1.29 is 4.92 Å². The van der Waals surface area contributed by atoms with Crippen LogP contribution in [-0.2, 0) is 0 Å². The van der Waals surface area contributed by atoms with Gasteiger partial charge < -0.3 is 0 Å². The normalized spacial score (nSPS) is 10.7. The number of nitrogens with zero attached hydrogens (tertiary/aromatic N) is 3. The zero-order valence-electron chi connectivity index (χ0n) is 9.11. The lowest BCUT2D eigenvalue weighted by atomic mass is 10.2. The van der Waals surface area contributed by atoms with Gasteiger partial charge in [-0.3, -0.25) is 10.1 Å². The van der Waals surface area contributed by atoms with Gasteiger partial charge in [0.25, 0.3) is 5.69 Å². The third-order valence-electron chi connectivity index (χ3n) is 2.50. The van der Waals surface area contributed by atoms with E-state index in [1.54, 1.807) is 30.5 Å². The van der Waals surface area contributed by atoms with Crippen LogP contribution in [0, 0.1) is 10.1 Å². The first-order valence-corrected chi connectivity index (χ1v) is 6.03. The molecule has 0 unspecified atom stereocenters. The number of rotatable bonds is 2. The molecule has 0 amide bonds. The van der Waals surface area contributed by atoms with Crippen LogP contribution in [-0.4, -0.2) is 14.9 Å². The topological polar surface area (TPSA) is 68.9 Å². The van der Waals surface area contributed by atoms with Crippen LogP contribution in [0.5, 0.6) is 0 Å². The molecule has 88 valence electrons. The summed E-state index contributed by atoms with van der Waals surface area (Å²) in [6.07, 6.45) is 1.68. The van der Waals surface area contributed by atoms with Crippen molar-refractivity contribution >= 4 is 27.4 Å². The van der Waals surface area contributed by atoms with E-state index in [-0.39, 0.29) is 5.69 Å². The SMILES string of the molecule is O=[N+]([O-])c1ccccc1-c1nc2cccnc2s1. The fraction of sp³-hybridized carbons (Fsp3) is 0. The maximum atomic E-state index is 11.0. The summed E-state index contributed by atoms with van der Waals surface area (Å²) in [6.45, 7) is 0. The second-order valence-corrected chi connectivity index (χ2v) is 4.60. The molecule has 0 saturated heterocycles. The second kappa shape index (κ2) is 4.15. The number of hydrogen-bond acceptors (Lipinski definition) is 5. The van der Waals surface area contributed by atoms with Crippen molar-refractivity contribution in [2.45, 2.75) is 0 Å². The molecule has 6 heteroatoms. The molecule has 0 spiro atoms. The number of nitro benzene ring substituents is 1. The summed E-state index contributed by atoms with van der Waals surface area (Å²) in [6, 6.07) is 10.2. The number of thiazole rings is 1. The molecule has 2 heterocycles. The average molecular weight is 257 g/mol. The minimum Gasteiger partial charge on any atom is -0.258 e. The van der Waals surface area contributed by atoms with Crippen LogP contribution in [0.25, 0.3) is 20.9 Å². The van der Waals surface area contributed by atoms with Crippen LogP contribution in [0.1, 0.15) is 0 Å². The van der Waals surface area contributed by atoms with Crippen molar-refractivity contribution in [3.05, 3.63) is 52.7 Å². The lowest BCUT2D eigenvalue weighted by Gasteiger charge is -1.97. The van der Waals surface area contributed by atoms with Crippen LogP contribution >= 0.6 is 11.3 Å². The lowest BCUT2D eigenvalue weighted by molar-refractivity contribution is -0.384. The van der Waals surface area contributed by atoms with Gasteiger partial charge in [-0.15, -0.1) is 0 Å². The average Bonchev–Trinajstić information content (AvgIpc) is 2.82. The number of para-hydroxylation sites is 1. The molecule has 0 atom stereocenters. The van der Waals surface area contributed by atoms with Gasteiger partial charge in [0.15, 0.2) is 0 Å². The van der Waals surface area contributed by atoms with E-state index in [4.69, 9.17) is 0 Å². The molecular weight excluding hydrogens is 250 g/mol. The monoisotopic (exact) mass is 257 g/mol. The Labute approximate surface area is 106 Å². The highest BCUT2D eigenvalue weighted by Crippen LogP contribution is 2.34. The van der Waals surface area contributed by atoms with E-state index in [1.165, 1.54) is 17.4 Å². The molecule has 0 aliphatic carbocycles. The molecule has 2 aromatic heterocycles. The summed E-state index contributed by atoms with van der Waals surface area (Å²) in [7, 11) is 0. The summed E-state index contributed by atoms with van der Waals surface area (Å²) in [5.74, 6) is 0. The molecule has 1 aromatic carbocycles. The quantitative estimate of drug-likeness (QED) is 0.522. The highest BCUT2D eigenvalue weighted by atomic mass is 32.1. The van der Waals surface area contributed by atoms with Gasteiger partial charge in [0.1, 0.15) is 15.4 Å². The summed E-state index contributed by atoms with van der Waals surface area (Å²) in [4.78, 5) is 19.9. The fourth-order valence-electron chi connectivity index (χ4n) is 1.70. The van der Waals surface area contributed by atoms with Crippen molar-refractivity contribution in [3.63, 3.8) is 0 Å². The predicted octanol–water partition coefficient (Wildman–Crippen LogP) is 3.27. The second-order valence-electron chi connectivity index (χ2n) is 3.62. The first-order valence-electron chi connectivity index (χ1n) is 5.21. The van der Waals surface area contributed by atoms with E-state index in [2.05, 4.69) is 9.97 Å². The van der Waals surface area contributed by atoms with Crippen molar-refractivity contribution in [3.8, 4) is 10.6 Å². The molecule has 3 rings (SSSR count). The molecule has 18 heavy (non-hydrogen) atoms. The Kier molecular flexibility index (Phi) is 2.49. The molecule has 3 aromatic rings. The Hall–Kier alpha value is -2.34. The molecule has 0 aliphatic rings. The summed E-state index contributed by atoms with van der Waals surface area (Å²) < 4.78 is 0. The lowest BCUT2D eigenvalue weighted by Crippen LogP contribution is -1.90. The van der Waals surface area contributed by atoms with Crippen LogP contribution in [0.2, 0.25) is 0 Å². The maximum absolute atomic E-state index is 11.0. The van der Waals surface area contributed by atoms with E-state index >= 15 is 0 Å². The Bertz CT molecular complexity index is 706. The predicted molar refractivity (Wildman–Crippen MR) is 69.5 cm³/mol. The summed E-state index contributed by atoms with van der Waals surface area (Å²) in [5.41, 5.74) is 1.36. The smallest absolute Gasteiger partial charge is 0.258 e. The number of hydrogen-bond donors (Lipinski definition) is 0. The number of pyridine rings is 1. The highest BCUT2D eigenvalue weighted by Gasteiger charge is 2.17. The maximum Gasteiger partial charge on any atom is 0.279 e. The standard InChI is InChI=1S/C12H7N3O2S/c16-15(17)10-6-2-1-4-8(10)11-14-9-5-3-7-13-12(9)18-11/h1-7H. The Balaban J connectivity index is 2.23. The molecule has 0 saturated carbocycles. The number of nitro groups is 1. The summed E-state index contributed by atoms with van der Waals surface area (Å²) >= 11 is 1.36. The third kappa shape index (κ3) is 1.72. The largest absolute Gasteiger partial charge is 0.279 e. The molecule has 5 nitrogen and oxygen atoms in total. The number of fused-ring (bicyclic) bond motifs is 1. The van der Waals surface area contributed by atoms with Crippen LogP contribution < -0.4 is 0 Å². The molecule has 0 bridgehead atoms. The van der Waals surface area contributed by atoms with Crippen LogP contribution in [0.4, 0.5) is 5.69 Å². The zero-order valence-corrected chi connectivity index (χ0v) is 9.92. The van der Waals surface area contributed by atoms with Gasteiger partial charge in [-0.2, -0.15) is 0 Å². The van der Waals surface area contributed by atoms with Crippen molar-refractivity contribution in [2.75, 3.05) is 0 Å². The first kappa shape index (κ1) is 10.8. The third-order valence-corrected chi connectivity index (χ3v) is 3.51. The van der Waals surface area contributed by atoms with Crippen LogP contribution in [0.15, 0.2) is 42.6 Å². The van der Waals surface area contributed by atoms with Crippen LogP contribution in [0.3, 0.4) is 0 Å². The van der Waals surface area contributed by atoms with Gasteiger partial charge in [-0.25, -0.2) is 9.97 Å². The van der Waals surface area contributed by atoms with Gasteiger partial charge >= 0.3 is 0 Å². The molecule has 0 fully saturated rings. The minimum atomic E-state index is -0.394. The molecule has 0 N–H and O–H groups in total. The van der Waals surface area contributed by atoms with Gasteiger partial charge in [0.05, 0.1) is 10.5 Å². The van der Waals surface area contributed by atoms with Gasteiger partial charge in [0, 0.05) is 12.3 Å². The van der Waals surface area contributed by atoms with E-state index < -0.39 is 4.92 Å². The number of benzene rings is 1. The molecular formula is C12H7N3O2S. The van der Waals surface area contributed by atoms with Gasteiger partial charge in [-0.1, -0.05) is 23.5 Å². The van der Waals surface area contributed by atoms with Crippen molar-refractivity contribution in [2.24, 2.45) is 0 Å². The van der Waals surface area contributed by atoms with E-state index in [0.717, 1.165) is 10.3 Å². The Morgan fingerprint density at radius 2 is 2.00 bits per heavy atom. The molecule has 0 radical (unpaired) electrons. The van der Waals surface area contributed by atoms with Crippen molar-refractivity contribution in [1.82, 2.24) is 9.97 Å². The highest BCUT2D eigenvalue weighted by molar-refractivity contribution is 7.21. The Morgan fingerprint density at radius 3 is 2.78 bits per heavy atom. The molecule has 0 aliphatic heterocycles. The first-order chi connectivity index (χ1) is 8.75. The summed E-state index contributed by atoms with van der Waals surface area (Å²) in [5, 5.41) is 11.6. The van der Waals surface area contributed by atoms with Gasteiger partial charge in [-0.05, 0) is 18.2 Å².